The van der Waals surface area contributed by atoms with Crippen LogP contribution in [0.3, 0.4) is 0 Å². The highest BCUT2D eigenvalue weighted by atomic mass is 32.2. The number of amides is 1. The van der Waals surface area contributed by atoms with E-state index in [0.29, 0.717) is 45.7 Å². The van der Waals surface area contributed by atoms with E-state index in [1.165, 1.54) is 35.6 Å². The van der Waals surface area contributed by atoms with Gasteiger partial charge in [0, 0.05) is 36.0 Å². The van der Waals surface area contributed by atoms with Gasteiger partial charge >= 0.3 is 5.97 Å². The van der Waals surface area contributed by atoms with Crippen molar-refractivity contribution < 1.29 is 41.0 Å². The number of benzene rings is 3. The van der Waals surface area contributed by atoms with Crippen molar-refractivity contribution in [2.24, 2.45) is 5.92 Å². The highest BCUT2D eigenvalue weighted by Crippen LogP contribution is 2.42. The molecule has 2 N–H and O–H groups in total. The van der Waals surface area contributed by atoms with Crippen molar-refractivity contribution in [3.8, 4) is 22.8 Å². The van der Waals surface area contributed by atoms with Gasteiger partial charge in [0.05, 0.1) is 30.2 Å². The lowest BCUT2D eigenvalue weighted by atomic mass is 9.95. The number of piperidine rings is 1. The Bertz CT molecular complexity index is 1900. The van der Waals surface area contributed by atoms with E-state index in [4.69, 9.17) is 18.6 Å². The first kappa shape index (κ1) is 33.4. The van der Waals surface area contributed by atoms with Crippen molar-refractivity contribution in [2.45, 2.75) is 38.4 Å². The minimum absolute atomic E-state index is 0.0757. The molecule has 1 fully saturated rings. The molecule has 0 aliphatic carbocycles. The van der Waals surface area contributed by atoms with E-state index < -0.39 is 28.1 Å². The normalized spacial score (nSPS) is 18.6. The summed E-state index contributed by atoms with van der Waals surface area (Å²) in [6, 6.07) is 15.9. The fourth-order valence-corrected chi connectivity index (χ4v) is 7.17. The lowest BCUT2D eigenvalue weighted by Crippen LogP contribution is -2.39. The predicted octanol–water partition coefficient (Wildman–Crippen LogP) is 5.55. The molecule has 11 nitrogen and oxygen atoms in total. The molecule has 3 aromatic carbocycles. The molecule has 4 aromatic rings. The van der Waals surface area contributed by atoms with Crippen molar-refractivity contribution in [3.05, 3.63) is 77.6 Å². The molecule has 0 radical (unpaired) electrons. The predicted molar refractivity (Wildman–Crippen MR) is 178 cm³/mol. The van der Waals surface area contributed by atoms with Gasteiger partial charge in [-0.15, -0.1) is 0 Å². The van der Waals surface area contributed by atoms with Crippen LogP contribution < -0.4 is 19.7 Å². The Kier molecular flexibility index (Phi) is 9.72. The van der Waals surface area contributed by atoms with Crippen LogP contribution in [-0.4, -0.2) is 65.9 Å². The third kappa shape index (κ3) is 7.33. The molecule has 0 spiro atoms. The van der Waals surface area contributed by atoms with Gasteiger partial charge in [-0.1, -0.05) is 0 Å². The number of nitrogens with one attached hydrogen (secondary N) is 2. The third-order valence-electron chi connectivity index (χ3n) is 8.67. The van der Waals surface area contributed by atoms with Crippen LogP contribution in [0, 0.1) is 11.7 Å². The van der Waals surface area contributed by atoms with E-state index in [2.05, 4.69) is 10.6 Å². The number of rotatable bonds is 9. The first-order chi connectivity index (χ1) is 23.0. The summed E-state index contributed by atoms with van der Waals surface area (Å²) in [5.41, 5.74) is 2.06. The maximum absolute atomic E-state index is 13.3. The van der Waals surface area contributed by atoms with Crippen molar-refractivity contribution >= 4 is 38.6 Å². The van der Waals surface area contributed by atoms with E-state index in [-0.39, 0.29) is 42.2 Å². The van der Waals surface area contributed by atoms with Crippen LogP contribution in [0.25, 0.3) is 22.3 Å². The SMILES string of the molecule is CNC(=O)c1c(-c2ccc(Oc3ccc(F)cc3)cc2)oc2cc3c(cc12)[C@H](C)O[C@H](COC(=O)CC1CCNCC1)CN3S(C)(=O)=O. The molecular weight excluding hydrogens is 641 g/mol. The fraction of sp³-hybridized carbons (Fsp3) is 0.371. The minimum atomic E-state index is -3.81. The highest BCUT2D eigenvalue weighted by Gasteiger charge is 2.34. The Morgan fingerprint density at radius 2 is 1.71 bits per heavy atom. The van der Waals surface area contributed by atoms with Gasteiger partial charge in [0.15, 0.2) is 0 Å². The highest BCUT2D eigenvalue weighted by molar-refractivity contribution is 7.92. The maximum Gasteiger partial charge on any atom is 0.306 e. The summed E-state index contributed by atoms with van der Waals surface area (Å²) in [5.74, 6) is 0.409. The van der Waals surface area contributed by atoms with Crippen LogP contribution in [0.15, 0.2) is 65.1 Å². The van der Waals surface area contributed by atoms with E-state index in [1.807, 2.05) is 0 Å². The molecule has 0 bridgehead atoms. The molecule has 48 heavy (non-hydrogen) atoms. The molecule has 13 heteroatoms. The van der Waals surface area contributed by atoms with E-state index in [9.17, 15) is 22.4 Å². The standard InChI is InChI=1S/C35H38FN3O8S/c1-21-28-17-29-31(18-30(28)39(48(3,42)43)19-27(45-21)20-44-32(40)16-22-12-14-38-15-13-22)47-34(33(29)35(41)37-2)23-4-8-25(9-5-23)46-26-10-6-24(36)7-11-26/h4-11,17-18,21-22,27,38H,12-16,19-20H2,1-3H3,(H,37,41)/t21-,27-/m0/s1. The molecular formula is C35H38FN3O8S. The third-order valence-corrected chi connectivity index (χ3v) is 9.82. The van der Waals surface area contributed by atoms with Crippen molar-refractivity contribution in [3.63, 3.8) is 0 Å². The molecule has 1 amide bonds. The lowest BCUT2D eigenvalue weighted by molar-refractivity contribution is -0.150. The van der Waals surface area contributed by atoms with Gasteiger partial charge in [-0.3, -0.25) is 13.9 Å². The van der Waals surface area contributed by atoms with Crippen molar-refractivity contribution in [1.29, 1.82) is 0 Å². The molecule has 0 unspecified atom stereocenters. The number of carbonyl (C=O) groups is 2. The first-order valence-corrected chi connectivity index (χ1v) is 17.7. The van der Waals surface area contributed by atoms with E-state index in [0.717, 1.165) is 32.2 Å². The number of carbonyl (C=O) groups excluding carboxylic acids is 2. The second-order valence-corrected chi connectivity index (χ2v) is 14.1. The summed E-state index contributed by atoms with van der Waals surface area (Å²) >= 11 is 0. The van der Waals surface area contributed by atoms with Gasteiger partial charge in [0.1, 0.15) is 41.4 Å². The largest absolute Gasteiger partial charge is 0.463 e. The van der Waals surface area contributed by atoms with E-state index in [1.54, 1.807) is 43.3 Å². The molecule has 2 aliphatic rings. The molecule has 3 heterocycles. The van der Waals surface area contributed by atoms with Gasteiger partial charge < -0.3 is 29.3 Å². The number of anilines is 1. The van der Waals surface area contributed by atoms with Crippen LogP contribution in [-0.2, 0) is 24.3 Å². The summed E-state index contributed by atoms with van der Waals surface area (Å²) in [7, 11) is -2.29. The van der Waals surface area contributed by atoms with Gasteiger partial charge in [0.2, 0.25) is 10.0 Å². The summed E-state index contributed by atoms with van der Waals surface area (Å²) in [5, 5.41) is 6.43. The Balaban J connectivity index is 1.30. The summed E-state index contributed by atoms with van der Waals surface area (Å²) in [4.78, 5) is 25.9. The van der Waals surface area contributed by atoms with Crippen LogP contribution in [0.1, 0.15) is 48.2 Å². The van der Waals surface area contributed by atoms with Crippen LogP contribution in [0.2, 0.25) is 0 Å². The Hall–Kier alpha value is -4.46. The topological polar surface area (TPSA) is 136 Å². The second-order valence-electron chi connectivity index (χ2n) is 12.1. The number of furan rings is 1. The van der Waals surface area contributed by atoms with Gasteiger partial charge in [0.25, 0.3) is 5.91 Å². The number of ether oxygens (including phenoxy) is 3. The molecule has 0 saturated carbocycles. The van der Waals surface area contributed by atoms with Crippen LogP contribution in [0.5, 0.6) is 11.5 Å². The summed E-state index contributed by atoms with van der Waals surface area (Å²) < 4.78 is 64.8. The first-order valence-electron chi connectivity index (χ1n) is 15.9. The zero-order valence-corrected chi connectivity index (χ0v) is 27.8. The zero-order valence-electron chi connectivity index (χ0n) is 27.0. The van der Waals surface area contributed by atoms with Crippen LogP contribution in [0.4, 0.5) is 10.1 Å². The molecule has 2 atom stereocenters. The summed E-state index contributed by atoms with van der Waals surface area (Å²) in [6.07, 6.45) is 1.89. The number of nitrogens with zero attached hydrogens (tertiary/aromatic N) is 1. The average molecular weight is 680 g/mol. The van der Waals surface area contributed by atoms with Crippen LogP contribution >= 0.6 is 0 Å². The number of sulfonamides is 1. The lowest BCUT2D eigenvalue weighted by Gasteiger charge is -2.25. The Morgan fingerprint density at radius 3 is 2.35 bits per heavy atom. The second kappa shape index (κ2) is 14.0. The number of hydrogen-bond acceptors (Lipinski definition) is 9. The zero-order chi connectivity index (χ0) is 34.0. The smallest absolute Gasteiger partial charge is 0.306 e. The molecule has 1 aromatic heterocycles. The fourth-order valence-electron chi connectivity index (χ4n) is 6.22. The molecule has 254 valence electrons. The monoisotopic (exact) mass is 679 g/mol. The van der Waals surface area contributed by atoms with Gasteiger partial charge in [-0.25, -0.2) is 12.8 Å². The number of esters is 1. The molecule has 6 rings (SSSR count). The van der Waals surface area contributed by atoms with Crippen molar-refractivity contribution in [1.82, 2.24) is 10.6 Å². The van der Waals surface area contributed by atoms with Crippen molar-refractivity contribution in [2.75, 3.05) is 43.8 Å². The average Bonchev–Trinajstić information content (AvgIpc) is 3.37. The Labute approximate surface area is 278 Å². The summed E-state index contributed by atoms with van der Waals surface area (Å²) in [6.45, 7) is 3.36. The van der Waals surface area contributed by atoms with Gasteiger partial charge in [-0.05, 0) is 93.4 Å². The number of halogens is 1. The van der Waals surface area contributed by atoms with Gasteiger partial charge in [-0.2, -0.15) is 0 Å². The van der Waals surface area contributed by atoms with E-state index >= 15 is 0 Å². The maximum atomic E-state index is 13.3. The molecule has 2 aliphatic heterocycles. The molecule has 1 saturated heterocycles. The Morgan fingerprint density at radius 1 is 1.04 bits per heavy atom. The number of fused-ring (bicyclic) bond motifs is 2. The number of hydrogen-bond donors (Lipinski definition) is 2. The quantitative estimate of drug-likeness (QED) is 0.218. The minimum Gasteiger partial charge on any atom is -0.463 e.